The first kappa shape index (κ1) is 12.7. The van der Waals surface area contributed by atoms with Crippen LogP contribution < -0.4 is 4.90 Å². The number of anilines is 1. The molecule has 3 nitrogen and oxygen atoms in total. The summed E-state index contributed by atoms with van der Waals surface area (Å²) in [4.78, 5) is 17.5. The lowest BCUT2D eigenvalue weighted by atomic mass is 10.2. The van der Waals surface area contributed by atoms with Crippen molar-refractivity contribution in [2.75, 3.05) is 11.9 Å². The Morgan fingerprint density at radius 2 is 1.94 bits per heavy atom. The standard InChI is InChI=1S/C13H10BrFN2O/c1-17(12-4-2-11(15)3-5-12)13(18)9-6-10(14)8-16-7-9/h2-8H,1H3. The van der Waals surface area contributed by atoms with Gasteiger partial charge in [-0.2, -0.15) is 0 Å². The predicted molar refractivity (Wildman–Crippen MR) is 71.1 cm³/mol. The van der Waals surface area contributed by atoms with E-state index in [2.05, 4.69) is 20.9 Å². The molecule has 0 aliphatic rings. The van der Waals surface area contributed by atoms with Gasteiger partial charge in [0.15, 0.2) is 0 Å². The average Bonchev–Trinajstić information content (AvgIpc) is 2.38. The highest BCUT2D eigenvalue weighted by molar-refractivity contribution is 9.10. The van der Waals surface area contributed by atoms with Gasteiger partial charge in [0.1, 0.15) is 5.82 Å². The van der Waals surface area contributed by atoms with Crippen LogP contribution in [0.15, 0.2) is 47.2 Å². The first-order valence-corrected chi connectivity index (χ1v) is 6.01. The van der Waals surface area contributed by atoms with Gasteiger partial charge in [-0.3, -0.25) is 9.78 Å². The van der Waals surface area contributed by atoms with Crippen LogP contribution in [0.4, 0.5) is 10.1 Å². The molecule has 0 bridgehead atoms. The Morgan fingerprint density at radius 3 is 2.56 bits per heavy atom. The molecule has 1 heterocycles. The van der Waals surface area contributed by atoms with E-state index in [1.165, 1.54) is 23.2 Å². The number of carbonyl (C=O) groups excluding carboxylic acids is 1. The number of hydrogen-bond acceptors (Lipinski definition) is 2. The SMILES string of the molecule is CN(C(=O)c1cncc(Br)c1)c1ccc(F)cc1. The van der Waals surface area contributed by atoms with Crippen molar-refractivity contribution in [2.24, 2.45) is 0 Å². The lowest BCUT2D eigenvalue weighted by Crippen LogP contribution is -2.26. The highest BCUT2D eigenvalue weighted by Crippen LogP contribution is 2.17. The summed E-state index contributed by atoms with van der Waals surface area (Å²) in [7, 11) is 1.64. The van der Waals surface area contributed by atoms with Crippen LogP contribution in [-0.2, 0) is 0 Å². The summed E-state index contributed by atoms with van der Waals surface area (Å²) < 4.78 is 13.5. The third-order valence-corrected chi connectivity index (χ3v) is 2.90. The minimum absolute atomic E-state index is 0.199. The zero-order chi connectivity index (χ0) is 13.1. The largest absolute Gasteiger partial charge is 0.311 e. The topological polar surface area (TPSA) is 33.2 Å². The van der Waals surface area contributed by atoms with Gasteiger partial charge in [-0.15, -0.1) is 0 Å². The summed E-state index contributed by atoms with van der Waals surface area (Å²) in [5.74, 6) is -0.529. The van der Waals surface area contributed by atoms with Crippen molar-refractivity contribution in [1.82, 2.24) is 4.98 Å². The third kappa shape index (κ3) is 2.73. The summed E-state index contributed by atoms with van der Waals surface area (Å²) in [5, 5.41) is 0. The summed E-state index contributed by atoms with van der Waals surface area (Å²) in [6.45, 7) is 0. The van der Waals surface area contributed by atoms with Crippen LogP contribution in [-0.4, -0.2) is 17.9 Å². The number of amides is 1. The lowest BCUT2D eigenvalue weighted by molar-refractivity contribution is 0.0992. The molecule has 0 saturated carbocycles. The fourth-order valence-corrected chi connectivity index (χ4v) is 1.87. The van der Waals surface area contributed by atoms with Gasteiger partial charge in [-0.25, -0.2) is 4.39 Å². The van der Waals surface area contributed by atoms with E-state index in [1.807, 2.05) is 0 Å². The minimum atomic E-state index is -0.330. The molecule has 0 spiro atoms. The molecule has 1 aromatic carbocycles. The minimum Gasteiger partial charge on any atom is -0.311 e. The second-order valence-electron chi connectivity index (χ2n) is 3.73. The van der Waals surface area contributed by atoms with Crippen molar-refractivity contribution < 1.29 is 9.18 Å². The van der Waals surface area contributed by atoms with Crippen molar-refractivity contribution >= 4 is 27.5 Å². The molecule has 2 aromatic rings. The van der Waals surface area contributed by atoms with Crippen molar-refractivity contribution in [2.45, 2.75) is 0 Å². The van der Waals surface area contributed by atoms with Gasteiger partial charge >= 0.3 is 0 Å². The van der Waals surface area contributed by atoms with Crippen LogP contribution in [0.3, 0.4) is 0 Å². The molecule has 5 heteroatoms. The number of aromatic nitrogens is 1. The van der Waals surface area contributed by atoms with Crippen molar-refractivity contribution in [1.29, 1.82) is 0 Å². The first-order chi connectivity index (χ1) is 8.58. The van der Waals surface area contributed by atoms with Crippen molar-refractivity contribution in [3.63, 3.8) is 0 Å². The molecule has 0 saturated heterocycles. The molecule has 2 rings (SSSR count). The monoisotopic (exact) mass is 308 g/mol. The zero-order valence-corrected chi connectivity index (χ0v) is 11.2. The molecule has 0 aliphatic heterocycles. The van der Waals surface area contributed by atoms with Crippen molar-refractivity contribution in [3.05, 3.63) is 58.6 Å². The second-order valence-corrected chi connectivity index (χ2v) is 4.65. The molecule has 1 amide bonds. The van der Waals surface area contributed by atoms with Crippen LogP contribution in [0, 0.1) is 5.82 Å². The normalized spacial score (nSPS) is 10.2. The Kier molecular flexibility index (Phi) is 3.72. The van der Waals surface area contributed by atoms with E-state index in [1.54, 1.807) is 31.4 Å². The van der Waals surface area contributed by atoms with Crippen LogP contribution in [0.5, 0.6) is 0 Å². The molecule has 0 atom stereocenters. The Bertz CT molecular complexity index is 571. The molecule has 92 valence electrons. The van der Waals surface area contributed by atoms with E-state index in [9.17, 15) is 9.18 Å². The van der Waals surface area contributed by atoms with Gasteiger partial charge in [0.25, 0.3) is 5.91 Å². The first-order valence-electron chi connectivity index (χ1n) is 5.22. The summed E-state index contributed by atoms with van der Waals surface area (Å²) in [5.41, 5.74) is 1.09. The number of hydrogen-bond donors (Lipinski definition) is 0. The maximum absolute atomic E-state index is 12.8. The zero-order valence-electron chi connectivity index (χ0n) is 9.60. The Balaban J connectivity index is 2.26. The number of pyridine rings is 1. The fraction of sp³-hybridized carbons (Fsp3) is 0.0769. The summed E-state index contributed by atoms with van der Waals surface area (Å²) >= 11 is 3.26. The number of nitrogens with zero attached hydrogens (tertiary/aromatic N) is 2. The average molecular weight is 309 g/mol. The number of benzene rings is 1. The van der Waals surface area contributed by atoms with Crippen LogP contribution in [0.25, 0.3) is 0 Å². The number of rotatable bonds is 2. The molecule has 0 fully saturated rings. The van der Waals surface area contributed by atoms with E-state index in [-0.39, 0.29) is 11.7 Å². The van der Waals surface area contributed by atoms with Crippen LogP contribution in [0.1, 0.15) is 10.4 Å². The van der Waals surface area contributed by atoms with E-state index in [0.29, 0.717) is 11.3 Å². The molecular formula is C13H10BrFN2O. The highest BCUT2D eigenvalue weighted by Gasteiger charge is 2.14. The van der Waals surface area contributed by atoms with Gasteiger partial charge < -0.3 is 4.90 Å². The summed E-state index contributed by atoms with van der Waals surface area (Å²) in [6.07, 6.45) is 3.10. The molecule has 0 radical (unpaired) electrons. The maximum atomic E-state index is 12.8. The van der Waals surface area contributed by atoms with Gasteiger partial charge in [0.05, 0.1) is 5.56 Å². The predicted octanol–water partition coefficient (Wildman–Crippen LogP) is 3.26. The number of halogens is 2. The van der Waals surface area contributed by atoms with E-state index >= 15 is 0 Å². The van der Waals surface area contributed by atoms with Gasteiger partial charge in [-0.1, -0.05) is 0 Å². The Morgan fingerprint density at radius 1 is 1.28 bits per heavy atom. The smallest absolute Gasteiger partial charge is 0.259 e. The summed E-state index contributed by atoms with van der Waals surface area (Å²) in [6, 6.07) is 7.43. The van der Waals surface area contributed by atoms with Gasteiger partial charge in [-0.05, 0) is 46.3 Å². The van der Waals surface area contributed by atoms with E-state index < -0.39 is 0 Å². The molecular weight excluding hydrogens is 299 g/mol. The van der Waals surface area contributed by atoms with Gasteiger partial charge in [0, 0.05) is 29.6 Å². The van der Waals surface area contributed by atoms with E-state index in [4.69, 9.17) is 0 Å². The second kappa shape index (κ2) is 5.27. The lowest BCUT2D eigenvalue weighted by Gasteiger charge is -2.17. The van der Waals surface area contributed by atoms with Crippen molar-refractivity contribution in [3.8, 4) is 0 Å². The maximum Gasteiger partial charge on any atom is 0.259 e. The third-order valence-electron chi connectivity index (χ3n) is 2.47. The molecule has 18 heavy (non-hydrogen) atoms. The number of carbonyl (C=O) groups is 1. The van der Waals surface area contributed by atoms with Crippen LogP contribution in [0.2, 0.25) is 0 Å². The van der Waals surface area contributed by atoms with Gasteiger partial charge in [0.2, 0.25) is 0 Å². The quantitative estimate of drug-likeness (QED) is 0.853. The molecule has 0 N–H and O–H groups in total. The molecule has 0 unspecified atom stereocenters. The van der Waals surface area contributed by atoms with Crippen LogP contribution >= 0.6 is 15.9 Å². The van der Waals surface area contributed by atoms with E-state index in [0.717, 1.165) is 4.47 Å². The fourth-order valence-electron chi connectivity index (χ4n) is 1.50. The molecule has 1 aromatic heterocycles. The molecule has 0 aliphatic carbocycles. The Hall–Kier alpha value is -1.75. The highest BCUT2D eigenvalue weighted by atomic mass is 79.9. The Labute approximate surface area is 112 Å².